The van der Waals surface area contributed by atoms with Crippen LogP contribution in [0.25, 0.3) is 0 Å². The average Bonchev–Trinajstić information content (AvgIpc) is 3.32. The van der Waals surface area contributed by atoms with E-state index >= 15 is 0 Å². The summed E-state index contributed by atoms with van der Waals surface area (Å²) in [5, 5.41) is 16.2. The van der Waals surface area contributed by atoms with Crippen LogP contribution in [0.1, 0.15) is 35.9 Å². The zero-order chi connectivity index (χ0) is 24.0. The normalized spacial score (nSPS) is 15.5. The molecule has 2 amide bonds. The van der Waals surface area contributed by atoms with Crippen LogP contribution in [-0.4, -0.2) is 30.1 Å². The molecule has 1 aromatic carbocycles. The van der Waals surface area contributed by atoms with Crippen molar-refractivity contribution in [2.24, 2.45) is 5.73 Å². The number of primary amides is 1. The van der Waals surface area contributed by atoms with E-state index in [1.807, 2.05) is 0 Å². The first-order valence-electron chi connectivity index (χ1n) is 10.0. The number of rotatable bonds is 8. The number of ether oxygens (including phenoxy) is 1. The second-order valence-corrected chi connectivity index (χ2v) is 7.96. The fraction of sp³-hybridized carbons (Fsp3) is 0.217. The number of dihydropyridines is 1. The van der Waals surface area contributed by atoms with Gasteiger partial charge < -0.3 is 25.5 Å². The van der Waals surface area contributed by atoms with Gasteiger partial charge in [-0.05, 0) is 50.2 Å². The standard InChI is InChI=1S/C23H22N4O5S/c1-3-31-23(30)14-6-8-15(9-7-14)27-21(29)19-13(2)26-22(33-12-18(25)28)16(11-24)20(19)17-5-4-10-32-17/h4-10,20,26H,3,12H2,1-2H3,(H2,25,28)(H,27,29). The van der Waals surface area contributed by atoms with E-state index in [9.17, 15) is 19.6 Å². The molecule has 170 valence electrons. The Labute approximate surface area is 194 Å². The molecule has 33 heavy (non-hydrogen) atoms. The number of carbonyl (C=O) groups excluding carboxylic acids is 3. The summed E-state index contributed by atoms with van der Waals surface area (Å²) in [5.74, 6) is -1.82. The average molecular weight is 467 g/mol. The highest BCUT2D eigenvalue weighted by Gasteiger charge is 2.36. The lowest BCUT2D eigenvalue weighted by Crippen LogP contribution is -2.31. The van der Waals surface area contributed by atoms with Crippen LogP contribution < -0.4 is 16.4 Å². The van der Waals surface area contributed by atoms with Gasteiger partial charge in [-0.15, -0.1) is 0 Å². The molecular formula is C23H22N4O5S. The molecule has 1 aliphatic rings. The van der Waals surface area contributed by atoms with Crippen molar-refractivity contribution in [2.75, 3.05) is 17.7 Å². The van der Waals surface area contributed by atoms with Crippen LogP contribution in [0.15, 0.2) is 69.0 Å². The molecule has 9 nitrogen and oxygen atoms in total. The van der Waals surface area contributed by atoms with Gasteiger partial charge in [0, 0.05) is 11.4 Å². The summed E-state index contributed by atoms with van der Waals surface area (Å²) in [4.78, 5) is 36.4. The van der Waals surface area contributed by atoms with Crippen molar-refractivity contribution in [3.63, 3.8) is 0 Å². The van der Waals surface area contributed by atoms with Gasteiger partial charge in [-0.1, -0.05) is 11.8 Å². The SMILES string of the molecule is CCOC(=O)c1ccc(NC(=O)C2=C(C)NC(SCC(N)=O)=C(C#N)C2c2ccco2)cc1. The van der Waals surface area contributed by atoms with Crippen LogP contribution in [0.3, 0.4) is 0 Å². The maximum Gasteiger partial charge on any atom is 0.338 e. The number of furan rings is 1. The third-order valence-electron chi connectivity index (χ3n) is 4.73. The number of nitriles is 1. The first-order valence-corrected chi connectivity index (χ1v) is 11.0. The predicted molar refractivity (Wildman–Crippen MR) is 123 cm³/mol. The lowest BCUT2D eigenvalue weighted by Gasteiger charge is -2.28. The molecule has 0 bridgehead atoms. The smallest absolute Gasteiger partial charge is 0.338 e. The highest BCUT2D eigenvalue weighted by molar-refractivity contribution is 8.03. The third kappa shape index (κ3) is 5.45. The van der Waals surface area contributed by atoms with Gasteiger partial charge in [-0.2, -0.15) is 5.26 Å². The zero-order valence-corrected chi connectivity index (χ0v) is 18.8. The second-order valence-electron chi connectivity index (χ2n) is 6.97. The van der Waals surface area contributed by atoms with E-state index in [4.69, 9.17) is 14.9 Å². The van der Waals surface area contributed by atoms with Crippen molar-refractivity contribution in [3.8, 4) is 6.07 Å². The molecule has 1 atom stereocenters. The Morgan fingerprint density at radius 3 is 2.58 bits per heavy atom. The summed E-state index contributed by atoms with van der Waals surface area (Å²) >= 11 is 1.09. The Morgan fingerprint density at radius 2 is 2.00 bits per heavy atom. The van der Waals surface area contributed by atoms with Crippen molar-refractivity contribution < 1.29 is 23.5 Å². The van der Waals surface area contributed by atoms with Gasteiger partial charge in [0.25, 0.3) is 5.91 Å². The van der Waals surface area contributed by atoms with Gasteiger partial charge in [-0.3, -0.25) is 9.59 Å². The summed E-state index contributed by atoms with van der Waals surface area (Å²) in [6, 6.07) is 11.8. The van der Waals surface area contributed by atoms with Crippen molar-refractivity contribution in [1.29, 1.82) is 5.26 Å². The molecule has 3 rings (SSSR count). The van der Waals surface area contributed by atoms with Gasteiger partial charge in [-0.25, -0.2) is 4.79 Å². The number of allylic oxidation sites excluding steroid dienone is 2. The third-order valence-corrected chi connectivity index (χ3v) is 5.77. The number of nitrogens with two attached hydrogens (primary N) is 1. The fourth-order valence-corrected chi connectivity index (χ4v) is 4.14. The summed E-state index contributed by atoms with van der Waals surface area (Å²) in [6.45, 7) is 3.69. The minimum absolute atomic E-state index is 0.0278. The number of anilines is 1. The van der Waals surface area contributed by atoms with Gasteiger partial charge in [0.05, 0.1) is 52.3 Å². The molecule has 0 saturated heterocycles. The number of benzene rings is 1. The number of hydrogen-bond donors (Lipinski definition) is 3. The first kappa shape index (κ1) is 23.7. The molecule has 0 fully saturated rings. The first-order chi connectivity index (χ1) is 15.8. The molecule has 1 aliphatic heterocycles. The van der Waals surface area contributed by atoms with Crippen LogP contribution in [0.5, 0.6) is 0 Å². The number of thioether (sulfide) groups is 1. The van der Waals surface area contributed by atoms with Crippen molar-refractivity contribution in [2.45, 2.75) is 19.8 Å². The van der Waals surface area contributed by atoms with Crippen LogP contribution in [-0.2, 0) is 14.3 Å². The maximum atomic E-state index is 13.3. The van der Waals surface area contributed by atoms with Gasteiger partial charge in [0.15, 0.2) is 0 Å². The summed E-state index contributed by atoms with van der Waals surface area (Å²) in [5.41, 5.74) is 7.11. The Bertz CT molecular complexity index is 1160. The monoisotopic (exact) mass is 466 g/mol. The van der Waals surface area contributed by atoms with Gasteiger partial charge in [0.2, 0.25) is 5.91 Å². The summed E-state index contributed by atoms with van der Waals surface area (Å²) < 4.78 is 10.5. The molecule has 0 spiro atoms. The molecule has 2 aromatic rings. The van der Waals surface area contributed by atoms with Crippen LogP contribution in [0, 0.1) is 11.3 Å². The van der Waals surface area contributed by atoms with Crippen molar-refractivity contribution in [1.82, 2.24) is 5.32 Å². The predicted octanol–water partition coefficient (Wildman–Crippen LogP) is 3.01. The molecule has 2 heterocycles. The minimum Gasteiger partial charge on any atom is -0.468 e. The fourth-order valence-electron chi connectivity index (χ4n) is 3.31. The lowest BCUT2D eigenvalue weighted by molar-refractivity contribution is -0.115. The number of nitrogens with one attached hydrogen (secondary N) is 2. The van der Waals surface area contributed by atoms with Crippen LogP contribution >= 0.6 is 11.8 Å². The minimum atomic E-state index is -0.777. The lowest BCUT2D eigenvalue weighted by atomic mass is 9.85. The number of esters is 1. The number of amides is 2. The van der Waals surface area contributed by atoms with E-state index in [0.717, 1.165) is 11.8 Å². The zero-order valence-electron chi connectivity index (χ0n) is 18.0. The number of hydrogen-bond acceptors (Lipinski definition) is 8. The van der Waals surface area contributed by atoms with E-state index in [0.29, 0.717) is 33.3 Å². The molecular weight excluding hydrogens is 444 g/mol. The number of carbonyl (C=O) groups is 3. The second kappa shape index (κ2) is 10.6. The van der Waals surface area contributed by atoms with E-state index in [-0.39, 0.29) is 17.9 Å². The van der Waals surface area contributed by atoms with E-state index in [1.165, 1.54) is 6.26 Å². The van der Waals surface area contributed by atoms with E-state index in [2.05, 4.69) is 16.7 Å². The van der Waals surface area contributed by atoms with Crippen molar-refractivity contribution in [3.05, 3.63) is 75.9 Å². The summed E-state index contributed by atoms with van der Waals surface area (Å²) in [6.07, 6.45) is 1.46. The highest BCUT2D eigenvalue weighted by Crippen LogP contribution is 2.41. The maximum absolute atomic E-state index is 13.3. The molecule has 1 aromatic heterocycles. The van der Waals surface area contributed by atoms with E-state index < -0.39 is 23.7 Å². The van der Waals surface area contributed by atoms with Gasteiger partial charge >= 0.3 is 5.97 Å². The quantitative estimate of drug-likeness (QED) is 0.503. The molecule has 10 heteroatoms. The topological polar surface area (TPSA) is 147 Å². The Balaban J connectivity index is 1.91. The Morgan fingerprint density at radius 1 is 1.27 bits per heavy atom. The van der Waals surface area contributed by atoms with E-state index in [1.54, 1.807) is 50.2 Å². The molecule has 0 radical (unpaired) electrons. The summed E-state index contributed by atoms with van der Waals surface area (Å²) in [7, 11) is 0. The Hall–Kier alpha value is -3.97. The Kier molecular flexibility index (Phi) is 7.58. The number of nitrogens with zero attached hydrogens (tertiary/aromatic N) is 1. The van der Waals surface area contributed by atoms with Crippen LogP contribution in [0.2, 0.25) is 0 Å². The van der Waals surface area contributed by atoms with Crippen LogP contribution in [0.4, 0.5) is 5.69 Å². The molecule has 0 saturated carbocycles. The highest BCUT2D eigenvalue weighted by atomic mass is 32.2. The largest absolute Gasteiger partial charge is 0.468 e. The molecule has 0 aliphatic carbocycles. The molecule has 1 unspecified atom stereocenters. The molecule has 4 N–H and O–H groups in total. The van der Waals surface area contributed by atoms with Gasteiger partial charge in [0.1, 0.15) is 5.76 Å². The van der Waals surface area contributed by atoms with Crippen molar-refractivity contribution >= 4 is 35.2 Å².